The molecule has 4 aromatic heterocycles. The molecule has 450 valence electrons. The minimum absolute atomic E-state index is 0.0938. The molecule has 0 unspecified atom stereocenters. The molecule has 14 nitrogen and oxygen atoms in total. The molecule has 2 aromatic carbocycles. The number of aromatic nitrogens is 4. The maximum Gasteiger partial charge on any atom is 0.372 e. The van der Waals surface area contributed by atoms with Gasteiger partial charge in [-0.15, -0.1) is 22.7 Å². The number of nitrogens with zero attached hydrogens (tertiary/aromatic N) is 7. The van der Waals surface area contributed by atoms with E-state index in [-0.39, 0.29) is 34.6 Å². The van der Waals surface area contributed by atoms with Gasteiger partial charge in [0.05, 0.1) is 56.9 Å². The molecule has 4 aliphatic heterocycles. The van der Waals surface area contributed by atoms with Crippen LogP contribution in [-0.2, 0) is 25.6 Å². The maximum absolute atomic E-state index is 13.5. The Balaban J connectivity index is 0.000000197. The van der Waals surface area contributed by atoms with Crippen molar-refractivity contribution in [2.75, 3.05) is 39.7 Å². The zero-order chi connectivity index (χ0) is 61.8. The number of hydrogen-bond acceptors (Lipinski definition) is 13. The Bertz CT molecular complexity index is 3280. The number of nitrogens with one attached hydrogen (secondary N) is 2. The number of halogens is 1. The zero-order valence-electron chi connectivity index (χ0n) is 53.1. The normalized spacial score (nSPS) is 22.7. The van der Waals surface area contributed by atoms with Gasteiger partial charge in [0.25, 0.3) is 0 Å². The van der Waals surface area contributed by atoms with Gasteiger partial charge in [-0.3, -0.25) is 38.5 Å². The number of aryl methyl sites for hydroxylation is 4. The van der Waals surface area contributed by atoms with Crippen LogP contribution in [0.3, 0.4) is 0 Å². The van der Waals surface area contributed by atoms with Crippen LogP contribution in [0.2, 0.25) is 0 Å². The van der Waals surface area contributed by atoms with E-state index in [0.717, 1.165) is 71.7 Å². The molecule has 8 heterocycles. The SMILES string of the molecule is C[C@H]1CC[C@H](c2ccc3sc(C4CC(C)(C)N(C)C(C)(C)C4)nc3c2)NC1.Cc1cc(CC(=O)C(=O)O)cnc1C.Cc1cc(NC(=O)C(=O)N2C[C@@H](C)CC[C@@H]2c2ccc3sc(C4CC(C)(C)N(C)C(C)(C)C4)nc3c2)cnc1C.[2H]CF. The summed E-state index contributed by atoms with van der Waals surface area (Å²) in [6.45, 7) is 32.6. The number of anilines is 1. The van der Waals surface area contributed by atoms with Crippen molar-refractivity contribution >= 4 is 72.4 Å². The van der Waals surface area contributed by atoms with Crippen LogP contribution in [0, 0.1) is 39.5 Å². The molecule has 4 aliphatic rings. The number of hydrogen-bond donors (Lipinski definition) is 3. The minimum Gasteiger partial charge on any atom is -0.475 e. The first kappa shape index (κ1) is 63.4. The molecule has 10 rings (SSSR count). The lowest BCUT2D eigenvalue weighted by atomic mass is 9.74. The van der Waals surface area contributed by atoms with Crippen molar-refractivity contribution < 1.29 is 30.0 Å². The van der Waals surface area contributed by atoms with E-state index in [1.165, 1.54) is 62.4 Å². The molecule has 0 bridgehead atoms. The number of alkyl halides is 1. The van der Waals surface area contributed by atoms with Crippen molar-refractivity contribution in [3.8, 4) is 0 Å². The first-order chi connectivity index (χ1) is 39.3. The Labute approximate surface area is 502 Å². The van der Waals surface area contributed by atoms with E-state index in [9.17, 15) is 23.6 Å². The fourth-order valence-electron chi connectivity index (χ4n) is 12.9. The van der Waals surface area contributed by atoms with Crippen LogP contribution >= 0.6 is 22.7 Å². The summed E-state index contributed by atoms with van der Waals surface area (Å²) >= 11 is 3.71. The topological polar surface area (TPSA) is 174 Å². The van der Waals surface area contributed by atoms with E-state index >= 15 is 0 Å². The maximum atomic E-state index is 13.5. The van der Waals surface area contributed by atoms with Gasteiger partial charge in [0.2, 0.25) is 5.78 Å². The second-order valence-corrected chi connectivity index (χ2v) is 28.8. The lowest BCUT2D eigenvalue weighted by Gasteiger charge is -2.53. The third kappa shape index (κ3) is 15.5. The second kappa shape index (κ2) is 26.4. The van der Waals surface area contributed by atoms with Crippen LogP contribution in [0.25, 0.3) is 20.4 Å². The van der Waals surface area contributed by atoms with E-state index in [0.29, 0.717) is 41.6 Å². The summed E-state index contributed by atoms with van der Waals surface area (Å²) in [5.74, 6) is -1.22. The van der Waals surface area contributed by atoms with E-state index in [1.807, 2.05) is 45.1 Å². The number of pyridine rings is 2. The summed E-state index contributed by atoms with van der Waals surface area (Å²) < 4.78 is 18.0. The van der Waals surface area contributed by atoms with Gasteiger partial charge in [0, 0.05) is 70.6 Å². The molecule has 6 aromatic rings. The van der Waals surface area contributed by atoms with Gasteiger partial charge >= 0.3 is 17.8 Å². The van der Waals surface area contributed by atoms with Gasteiger partial charge in [0.15, 0.2) is 0 Å². The Hall–Kier alpha value is -5.59. The third-order valence-electron chi connectivity index (χ3n) is 18.5. The molecule has 17 heteroatoms. The van der Waals surface area contributed by atoms with Crippen molar-refractivity contribution in [2.24, 2.45) is 11.8 Å². The molecule has 4 fully saturated rings. The van der Waals surface area contributed by atoms with Crippen molar-refractivity contribution in [1.82, 2.24) is 40.0 Å². The van der Waals surface area contributed by atoms with Gasteiger partial charge in [-0.2, -0.15) is 0 Å². The molecule has 83 heavy (non-hydrogen) atoms. The first-order valence-electron chi connectivity index (χ1n) is 30.1. The monoisotopic (exact) mass is 1170 g/mol. The number of ketones is 1. The predicted molar refractivity (Wildman–Crippen MR) is 336 cm³/mol. The summed E-state index contributed by atoms with van der Waals surface area (Å²) in [6.07, 6.45) is 11.9. The van der Waals surface area contributed by atoms with Gasteiger partial charge < -0.3 is 20.6 Å². The van der Waals surface area contributed by atoms with Crippen LogP contribution in [0.15, 0.2) is 60.9 Å². The number of likely N-dealkylation sites (tertiary alicyclic amines) is 3. The van der Waals surface area contributed by atoms with Crippen molar-refractivity contribution in [2.45, 2.75) is 201 Å². The van der Waals surface area contributed by atoms with E-state index in [1.54, 1.807) is 28.5 Å². The second-order valence-electron chi connectivity index (χ2n) is 26.7. The lowest BCUT2D eigenvalue weighted by molar-refractivity contribution is -0.148. The van der Waals surface area contributed by atoms with Crippen LogP contribution in [0.5, 0.6) is 0 Å². The highest BCUT2D eigenvalue weighted by atomic mass is 32.1. The van der Waals surface area contributed by atoms with Gasteiger partial charge in [-0.05, 0) is 225 Å². The zero-order valence-corrected chi connectivity index (χ0v) is 53.8. The lowest BCUT2D eigenvalue weighted by Crippen LogP contribution is -2.58. The van der Waals surface area contributed by atoms with Crippen molar-refractivity contribution in [3.05, 3.63) is 110 Å². The molecule has 0 saturated carbocycles. The summed E-state index contributed by atoms with van der Waals surface area (Å²) in [5.41, 5.74) is 10.2. The number of carboxylic acid groups (broad SMARTS) is 1. The van der Waals surface area contributed by atoms with Crippen LogP contribution in [0.1, 0.15) is 195 Å². The summed E-state index contributed by atoms with van der Waals surface area (Å²) in [4.78, 5) is 73.2. The average molecular weight is 1180 g/mol. The van der Waals surface area contributed by atoms with Gasteiger partial charge in [-0.1, -0.05) is 32.0 Å². The molecule has 2 amide bonds. The number of amides is 2. The third-order valence-corrected chi connectivity index (χ3v) is 20.9. The van der Waals surface area contributed by atoms with Crippen LogP contribution < -0.4 is 10.6 Å². The Morgan fingerprint density at radius 2 is 1.18 bits per heavy atom. The van der Waals surface area contributed by atoms with Crippen molar-refractivity contribution in [1.29, 1.82) is 0 Å². The number of Topliss-reactive ketones (excluding diaryl/α,β-unsaturated/α-hetero) is 1. The number of fused-ring (bicyclic) bond motifs is 2. The number of carbonyl (C=O) groups excluding carboxylic acids is 3. The molecular formula is C66H92FN9O5S2. The number of thiazole rings is 2. The molecule has 4 saturated heterocycles. The number of aliphatic carboxylic acids is 1. The molecule has 3 N–H and O–H groups in total. The Kier molecular flexibility index (Phi) is 20.1. The number of benzene rings is 2. The summed E-state index contributed by atoms with van der Waals surface area (Å²) in [5, 5.41) is 17.4. The van der Waals surface area contributed by atoms with E-state index in [4.69, 9.17) is 16.4 Å². The molecule has 0 radical (unpaired) electrons. The quantitative estimate of drug-likeness (QED) is 0.123. The fourth-order valence-corrected chi connectivity index (χ4v) is 15.0. The standard InChI is InChI=1S/C32H43N5O2S.C23H35N3S.C10H11NO3.CH3F/c1-19-9-11-26(37(18-19)30(39)28(38)34-24-13-20(2)21(3)33-17-24)22-10-12-27-25(14-22)35-29(40-27)23-15-31(4,5)36(8)32(6,7)16-23;1-15-7-9-18(24-14-15)16-8-10-20-19(11-16)25-21(27-20)17-12-22(2,3)26(6)23(4,5)13-17;1-6-3-8(5-11-7(6)2)4-9(12)10(13)14;1-2/h10,12-14,17,19,23,26H,9,11,15-16,18H2,1-8H3,(H,34,38);8,10-11,15,17-18,24H,7,9,12-14H2,1-6H3;3,5H,4H2,1-2H3,(H,13,14);1H3/t19-,26+;15-,18+;;/m00../s1/i;;;1D. The summed E-state index contributed by atoms with van der Waals surface area (Å²) in [7, 11) is 3.51. The largest absolute Gasteiger partial charge is 0.475 e. The van der Waals surface area contributed by atoms with E-state index < -0.39 is 30.7 Å². The minimum atomic E-state index is -1.40. The smallest absolute Gasteiger partial charge is 0.372 e. The number of carboxylic acids is 1. The highest BCUT2D eigenvalue weighted by Crippen LogP contribution is 2.48. The number of rotatable bonds is 8. The highest BCUT2D eigenvalue weighted by Gasteiger charge is 2.46. The Morgan fingerprint density at radius 1 is 0.699 bits per heavy atom. The fraction of sp³-hybridized carbons (Fsp3) is 0.576. The molecule has 0 aliphatic carbocycles. The van der Waals surface area contributed by atoms with Gasteiger partial charge in [-0.25, -0.2) is 14.8 Å². The van der Waals surface area contributed by atoms with Gasteiger partial charge in [0.1, 0.15) is 0 Å². The van der Waals surface area contributed by atoms with E-state index in [2.05, 4.69) is 150 Å². The summed E-state index contributed by atoms with van der Waals surface area (Å²) in [6, 6.07) is 17.4. The highest BCUT2D eigenvalue weighted by molar-refractivity contribution is 7.19. The number of carbonyl (C=O) groups is 4. The van der Waals surface area contributed by atoms with Crippen LogP contribution in [0.4, 0.5) is 10.1 Å². The average Bonchev–Trinajstić information content (AvgIpc) is 1.82. The molecule has 4 atom stereocenters. The molecular weight excluding hydrogens is 1080 g/mol. The predicted octanol–water partition coefficient (Wildman–Crippen LogP) is 13.8. The Morgan fingerprint density at radius 3 is 1.66 bits per heavy atom. The number of piperidine rings is 4. The first-order valence-corrected chi connectivity index (χ1v) is 31.1. The van der Waals surface area contributed by atoms with Crippen LogP contribution in [-0.4, -0.2) is 120 Å². The van der Waals surface area contributed by atoms with Crippen molar-refractivity contribution in [3.63, 3.8) is 0 Å². The molecule has 0 spiro atoms.